The van der Waals surface area contributed by atoms with Gasteiger partial charge >= 0.3 is 17.8 Å². The molecule has 1 aliphatic rings. The van der Waals surface area contributed by atoms with E-state index in [2.05, 4.69) is 0 Å². The molecule has 0 aliphatic carbocycles. The van der Waals surface area contributed by atoms with E-state index in [1.807, 2.05) is 0 Å². The number of amides is 2. The quantitative estimate of drug-likeness (QED) is 0.227. The molecule has 0 radical (unpaired) electrons. The highest BCUT2D eigenvalue weighted by Crippen LogP contribution is 2.38. The molecule has 2 aromatic carbocycles. The second-order valence-corrected chi connectivity index (χ2v) is 7.67. The number of thioether (sulfide) groups is 1. The van der Waals surface area contributed by atoms with Gasteiger partial charge in [-0.1, -0.05) is 12.1 Å². The summed E-state index contributed by atoms with van der Waals surface area (Å²) in [6.07, 6.45) is -3.35. The molecule has 178 valence electrons. The molecular weight excluding hydrogens is 481 g/mol. The molecule has 0 bridgehead atoms. The first-order valence-corrected chi connectivity index (χ1v) is 10.4. The van der Waals surface area contributed by atoms with Crippen LogP contribution in [-0.2, 0) is 20.5 Å². The average molecular weight is 496 g/mol. The van der Waals surface area contributed by atoms with Crippen molar-refractivity contribution in [3.05, 3.63) is 68.6 Å². The van der Waals surface area contributed by atoms with Crippen LogP contribution in [0, 0.1) is 10.1 Å². The number of nitro benzene ring substituents is 1. The Bertz CT molecular complexity index is 1180. The number of carbonyl (C=O) groups excluding carboxylic acids is 3. The summed E-state index contributed by atoms with van der Waals surface area (Å²) in [5.74, 6) is -1.67. The minimum atomic E-state index is -4.75. The van der Waals surface area contributed by atoms with Crippen LogP contribution in [0.2, 0.25) is 0 Å². The first-order valence-electron chi connectivity index (χ1n) is 9.54. The summed E-state index contributed by atoms with van der Waals surface area (Å²) in [6, 6.07) is 7.63. The Balaban J connectivity index is 1.76. The number of alkyl halides is 3. The zero-order valence-electron chi connectivity index (χ0n) is 17.3. The van der Waals surface area contributed by atoms with Gasteiger partial charge in [0.2, 0.25) is 5.75 Å². The van der Waals surface area contributed by atoms with E-state index in [1.165, 1.54) is 30.3 Å². The molecule has 9 nitrogen and oxygen atoms in total. The Morgan fingerprint density at radius 3 is 2.44 bits per heavy atom. The second kappa shape index (κ2) is 9.95. The number of imide groups is 1. The minimum Gasteiger partial charge on any atom is -0.465 e. The number of nitrogens with zero attached hydrogens (tertiary/aromatic N) is 2. The van der Waals surface area contributed by atoms with Gasteiger partial charge in [-0.15, -0.1) is 0 Å². The van der Waals surface area contributed by atoms with Crippen molar-refractivity contribution in [1.29, 1.82) is 0 Å². The summed E-state index contributed by atoms with van der Waals surface area (Å²) in [5.41, 5.74) is -1.57. The van der Waals surface area contributed by atoms with E-state index >= 15 is 0 Å². The molecule has 1 fully saturated rings. The highest BCUT2D eigenvalue weighted by molar-refractivity contribution is 8.18. The number of ether oxygens (including phenoxy) is 2. The van der Waals surface area contributed by atoms with Crippen LogP contribution >= 0.6 is 11.8 Å². The van der Waals surface area contributed by atoms with E-state index in [4.69, 9.17) is 9.47 Å². The minimum absolute atomic E-state index is 0.0707. The van der Waals surface area contributed by atoms with Crippen LogP contribution in [0.15, 0.2) is 47.4 Å². The second-order valence-electron chi connectivity index (χ2n) is 6.68. The maximum Gasteiger partial charge on any atom is 0.416 e. The maximum absolute atomic E-state index is 12.8. The molecular formula is C21H15F3N2O7S. The molecule has 1 saturated heterocycles. The van der Waals surface area contributed by atoms with Crippen LogP contribution < -0.4 is 4.74 Å². The van der Waals surface area contributed by atoms with E-state index in [9.17, 15) is 37.7 Å². The summed E-state index contributed by atoms with van der Waals surface area (Å²) in [4.78, 5) is 47.0. The smallest absolute Gasteiger partial charge is 0.416 e. The van der Waals surface area contributed by atoms with Crippen LogP contribution in [0.3, 0.4) is 0 Å². The van der Waals surface area contributed by atoms with Gasteiger partial charge in [-0.3, -0.25) is 29.4 Å². The lowest BCUT2D eigenvalue weighted by atomic mass is 10.1. The number of hydrogen-bond acceptors (Lipinski definition) is 8. The summed E-state index contributed by atoms with van der Waals surface area (Å²) in [5, 5.41) is 10.6. The van der Waals surface area contributed by atoms with Crippen LogP contribution in [-0.4, -0.2) is 40.1 Å². The normalized spacial score (nSPS) is 15.1. The Kier molecular flexibility index (Phi) is 7.25. The number of nitro groups is 1. The summed E-state index contributed by atoms with van der Waals surface area (Å²) in [7, 11) is 0. The summed E-state index contributed by atoms with van der Waals surface area (Å²) in [6.45, 7) is 1.19. The summed E-state index contributed by atoms with van der Waals surface area (Å²) >= 11 is 0.645. The lowest BCUT2D eigenvalue weighted by Gasteiger charge is -2.11. The largest absolute Gasteiger partial charge is 0.465 e. The van der Waals surface area contributed by atoms with Crippen LogP contribution in [0.1, 0.15) is 18.1 Å². The van der Waals surface area contributed by atoms with Crippen molar-refractivity contribution in [3.63, 3.8) is 0 Å². The van der Waals surface area contributed by atoms with Gasteiger partial charge in [0.25, 0.3) is 11.1 Å². The molecule has 0 N–H and O–H groups in total. The zero-order chi connectivity index (χ0) is 25.0. The fourth-order valence-corrected chi connectivity index (χ4v) is 3.64. The third-order valence-corrected chi connectivity index (χ3v) is 5.26. The van der Waals surface area contributed by atoms with Crippen LogP contribution in [0.4, 0.5) is 23.7 Å². The highest BCUT2D eigenvalue weighted by atomic mass is 32.2. The average Bonchev–Trinajstić information content (AvgIpc) is 3.02. The molecule has 3 rings (SSSR count). The Morgan fingerprint density at radius 1 is 1.18 bits per heavy atom. The molecule has 1 aliphatic heterocycles. The van der Waals surface area contributed by atoms with E-state index in [0.29, 0.717) is 29.5 Å². The highest BCUT2D eigenvalue weighted by Gasteiger charge is 2.36. The van der Waals surface area contributed by atoms with Gasteiger partial charge < -0.3 is 9.47 Å². The molecule has 0 saturated carbocycles. The third-order valence-electron chi connectivity index (χ3n) is 4.35. The maximum atomic E-state index is 12.8. The number of hydrogen-bond donors (Lipinski definition) is 0. The topological polar surface area (TPSA) is 116 Å². The fourth-order valence-electron chi connectivity index (χ4n) is 2.81. The number of esters is 1. The predicted molar refractivity (Wildman–Crippen MR) is 114 cm³/mol. The van der Waals surface area contributed by atoms with Gasteiger partial charge in [0.15, 0.2) is 0 Å². The Morgan fingerprint density at radius 2 is 1.85 bits per heavy atom. The van der Waals surface area contributed by atoms with Crippen molar-refractivity contribution < 1.29 is 42.0 Å². The van der Waals surface area contributed by atoms with E-state index in [-0.39, 0.29) is 23.0 Å². The van der Waals surface area contributed by atoms with Crippen molar-refractivity contribution in [3.8, 4) is 11.5 Å². The van der Waals surface area contributed by atoms with E-state index < -0.39 is 46.0 Å². The van der Waals surface area contributed by atoms with Crippen molar-refractivity contribution in [2.45, 2.75) is 13.1 Å². The van der Waals surface area contributed by atoms with Gasteiger partial charge in [-0.2, -0.15) is 13.2 Å². The summed E-state index contributed by atoms with van der Waals surface area (Å²) < 4.78 is 48.6. The standard InChI is InChI=1S/C21H15F3N2O7S/c1-2-32-18(27)11-25-19(28)17(34-20(25)29)9-12-3-6-14(7-4-12)33-16-8-5-13(21(22,23)24)10-15(16)26(30)31/h3-10H,2,11H2,1H3/b17-9-. The predicted octanol–water partition coefficient (Wildman–Crippen LogP) is 5.01. The fraction of sp³-hybridized carbons (Fsp3) is 0.190. The van der Waals surface area contributed by atoms with Crippen molar-refractivity contribution in [2.24, 2.45) is 0 Å². The van der Waals surface area contributed by atoms with Crippen molar-refractivity contribution >= 4 is 40.6 Å². The van der Waals surface area contributed by atoms with Crippen molar-refractivity contribution in [2.75, 3.05) is 13.2 Å². The molecule has 0 unspecified atom stereocenters. The molecule has 1 heterocycles. The first kappa shape index (κ1) is 24.8. The lowest BCUT2D eigenvalue weighted by Crippen LogP contribution is -2.34. The SMILES string of the molecule is CCOC(=O)CN1C(=O)S/C(=C\c2ccc(Oc3ccc(C(F)(F)F)cc3[N+](=O)[O-])cc2)C1=O. The third kappa shape index (κ3) is 5.73. The molecule has 0 spiro atoms. The van der Waals surface area contributed by atoms with Crippen molar-refractivity contribution in [1.82, 2.24) is 4.90 Å². The molecule has 34 heavy (non-hydrogen) atoms. The van der Waals surface area contributed by atoms with Crippen LogP contribution in [0.5, 0.6) is 11.5 Å². The molecule has 0 atom stereocenters. The van der Waals surface area contributed by atoms with Gasteiger partial charge in [-0.05, 0) is 54.6 Å². The van der Waals surface area contributed by atoms with E-state index in [1.54, 1.807) is 6.92 Å². The van der Waals surface area contributed by atoms with Gasteiger partial charge in [0.1, 0.15) is 12.3 Å². The van der Waals surface area contributed by atoms with Gasteiger partial charge in [0.05, 0.1) is 22.0 Å². The number of carbonyl (C=O) groups is 3. The molecule has 2 aromatic rings. The number of benzene rings is 2. The van der Waals surface area contributed by atoms with Gasteiger partial charge in [0, 0.05) is 6.07 Å². The molecule has 2 amide bonds. The number of rotatable bonds is 7. The molecule has 13 heteroatoms. The van der Waals surface area contributed by atoms with Gasteiger partial charge in [-0.25, -0.2) is 0 Å². The Labute approximate surface area is 194 Å². The van der Waals surface area contributed by atoms with Crippen LogP contribution in [0.25, 0.3) is 6.08 Å². The zero-order valence-corrected chi connectivity index (χ0v) is 18.1. The monoisotopic (exact) mass is 496 g/mol. The number of halogens is 3. The molecule has 0 aromatic heterocycles. The Hall–Kier alpha value is -3.87. The lowest BCUT2D eigenvalue weighted by molar-refractivity contribution is -0.385. The van der Waals surface area contributed by atoms with E-state index in [0.717, 1.165) is 11.0 Å². The first-order chi connectivity index (χ1) is 16.0.